The van der Waals surface area contributed by atoms with E-state index in [1.807, 2.05) is 51.2 Å². The van der Waals surface area contributed by atoms with Crippen LogP contribution in [0.15, 0.2) is 48.5 Å². The smallest absolute Gasteiger partial charge is 0.599 e. The zero-order valence-electron chi connectivity index (χ0n) is 23.8. The van der Waals surface area contributed by atoms with Crippen molar-refractivity contribution in [3.8, 4) is 11.3 Å². The summed E-state index contributed by atoms with van der Waals surface area (Å²) in [6.07, 6.45) is 0.918. The Balaban J connectivity index is 1.40. The second-order valence-electron chi connectivity index (χ2n) is 12.0. The molecule has 1 aromatic carbocycles. The molecule has 3 aliphatic heterocycles. The van der Waals surface area contributed by atoms with Crippen molar-refractivity contribution >= 4 is 30.4 Å². The fraction of sp³-hybridized carbons (Fsp3) is 0.483. The number of rotatable bonds is 9. The van der Waals surface area contributed by atoms with Gasteiger partial charge < -0.3 is 29.4 Å². The Morgan fingerprint density at radius 3 is 2.22 bits per heavy atom. The van der Waals surface area contributed by atoms with Crippen molar-refractivity contribution in [3.05, 3.63) is 54.2 Å². The van der Waals surface area contributed by atoms with E-state index in [0.29, 0.717) is 31.4 Å². The summed E-state index contributed by atoms with van der Waals surface area (Å²) in [6.45, 7) is 2.66. The molecule has 3 saturated heterocycles. The van der Waals surface area contributed by atoms with Crippen molar-refractivity contribution in [2.24, 2.45) is 5.92 Å². The highest BCUT2D eigenvalue weighted by Gasteiger charge is 2.77. The molecule has 5 rings (SSSR count). The number of nitrogens with zero attached hydrogens (tertiary/aromatic N) is 2. The van der Waals surface area contributed by atoms with Crippen LogP contribution in [0, 0.1) is 5.92 Å². The van der Waals surface area contributed by atoms with Crippen molar-refractivity contribution < 1.29 is 38.0 Å². The van der Waals surface area contributed by atoms with Gasteiger partial charge in [-0.3, -0.25) is 9.59 Å². The van der Waals surface area contributed by atoms with Crippen molar-refractivity contribution in [2.45, 2.75) is 76.6 Å². The summed E-state index contributed by atoms with van der Waals surface area (Å²) in [5.74, 6) is -3.01. The van der Waals surface area contributed by atoms with Crippen LogP contribution in [0.25, 0.3) is 11.3 Å². The third-order valence-corrected chi connectivity index (χ3v) is 8.85. The normalized spacial score (nSPS) is 28.7. The quantitative estimate of drug-likeness (QED) is 0.391. The summed E-state index contributed by atoms with van der Waals surface area (Å²) in [6, 6.07) is 11.9. The SMILES string of the molecule is CC(C)C[C@H](NC(=O)[C@@H](NC(=O)c1cccc(-c2ccccc2)n1)[C@@H](C)O)[B-]12OC(=O)[C@H]3CCC[C@H](C(=O)O1)[N+]32C. The number of carbonyl (C=O) groups excluding carboxylic acids is 4. The molecule has 0 aliphatic carbocycles. The van der Waals surface area contributed by atoms with Gasteiger partial charge >= 0.3 is 18.6 Å². The van der Waals surface area contributed by atoms with Crippen LogP contribution in [0.2, 0.25) is 0 Å². The third kappa shape index (κ3) is 4.89. The lowest BCUT2D eigenvalue weighted by Crippen LogP contribution is -2.76. The molecule has 218 valence electrons. The van der Waals surface area contributed by atoms with Crippen LogP contribution in [0.5, 0.6) is 0 Å². The number of amides is 2. The van der Waals surface area contributed by atoms with Crippen LogP contribution in [0.3, 0.4) is 0 Å². The van der Waals surface area contributed by atoms with Crippen molar-refractivity contribution in [1.29, 1.82) is 0 Å². The highest BCUT2D eigenvalue weighted by Crippen LogP contribution is 2.49. The van der Waals surface area contributed by atoms with Crippen LogP contribution in [0.1, 0.15) is 56.9 Å². The molecule has 3 N–H and O–H groups in total. The van der Waals surface area contributed by atoms with E-state index < -0.39 is 60.6 Å². The van der Waals surface area contributed by atoms with E-state index in [1.54, 1.807) is 12.1 Å². The van der Waals surface area contributed by atoms with E-state index in [0.717, 1.165) is 5.56 Å². The van der Waals surface area contributed by atoms with Crippen LogP contribution in [-0.4, -0.2) is 82.1 Å². The maximum absolute atomic E-state index is 13.7. The maximum Gasteiger partial charge on any atom is 0.605 e. The van der Waals surface area contributed by atoms with Gasteiger partial charge in [0.15, 0.2) is 0 Å². The Labute approximate surface area is 239 Å². The molecule has 5 atom stereocenters. The molecule has 41 heavy (non-hydrogen) atoms. The molecule has 2 amide bonds. The molecule has 0 spiro atoms. The molecule has 0 saturated carbocycles. The number of hydrogen-bond acceptors (Lipinski definition) is 8. The lowest BCUT2D eigenvalue weighted by atomic mass is 9.56. The number of aromatic nitrogens is 1. The number of aliphatic hydroxyl groups excluding tert-OH is 1. The molecule has 3 aliphatic rings. The molecule has 12 heteroatoms. The zero-order valence-corrected chi connectivity index (χ0v) is 23.8. The lowest BCUT2D eigenvalue weighted by molar-refractivity contribution is -0.850. The second kappa shape index (κ2) is 10.9. The van der Waals surface area contributed by atoms with Crippen molar-refractivity contribution in [3.63, 3.8) is 0 Å². The molecule has 0 bridgehead atoms. The summed E-state index contributed by atoms with van der Waals surface area (Å²) >= 11 is 0. The van der Waals surface area contributed by atoms with E-state index in [2.05, 4.69) is 15.6 Å². The van der Waals surface area contributed by atoms with Gasteiger partial charge in [-0.15, -0.1) is 0 Å². The van der Waals surface area contributed by atoms with Gasteiger partial charge in [0.1, 0.15) is 23.8 Å². The molecule has 11 nitrogen and oxygen atoms in total. The summed E-state index contributed by atoms with van der Waals surface area (Å²) in [5.41, 5.74) is 1.50. The summed E-state index contributed by atoms with van der Waals surface area (Å²) in [7, 11) is 1.81. The number of piperidine rings is 1. The van der Waals surface area contributed by atoms with E-state index in [1.165, 1.54) is 13.0 Å². The average molecular weight is 564 g/mol. The molecule has 4 heterocycles. The number of pyridine rings is 1. The molecule has 1 aromatic heterocycles. The average Bonchev–Trinajstić information content (AvgIpc) is 3.31. The van der Waals surface area contributed by atoms with Gasteiger partial charge in [0.25, 0.3) is 5.91 Å². The summed E-state index contributed by atoms with van der Waals surface area (Å²) in [5, 5.41) is 16.1. The van der Waals surface area contributed by atoms with Crippen LogP contribution in [0.4, 0.5) is 0 Å². The van der Waals surface area contributed by atoms with E-state index >= 15 is 0 Å². The highest BCUT2D eigenvalue weighted by molar-refractivity contribution is 6.68. The second-order valence-corrected chi connectivity index (χ2v) is 12.0. The van der Waals surface area contributed by atoms with Gasteiger partial charge in [0, 0.05) is 25.5 Å². The van der Waals surface area contributed by atoms with Crippen molar-refractivity contribution in [2.75, 3.05) is 7.05 Å². The minimum absolute atomic E-state index is 0.0166. The van der Waals surface area contributed by atoms with Gasteiger partial charge in [-0.1, -0.05) is 50.2 Å². The van der Waals surface area contributed by atoms with Crippen LogP contribution >= 0.6 is 0 Å². The van der Waals surface area contributed by atoms with Gasteiger partial charge in [-0.25, -0.2) is 14.6 Å². The minimum atomic E-state index is -2.63. The topological polar surface area (TPSA) is 144 Å². The fourth-order valence-electron chi connectivity index (χ4n) is 6.83. The van der Waals surface area contributed by atoms with Crippen LogP contribution in [-0.2, 0) is 23.7 Å². The summed E-state index contributed by atoms with van der Waals surface area (Å²) < 4.78 is 11.9. The Morgan fingerprint density at radius 1 is 1.00 bits per heavy atom. The highest BCUT2D eigenvalue weighted by atomic mass is 16.7. The minimum Gasteiger partial charge on any atom is -0.599 e. The predicted octanol–water partition coefficient (Wildman–Crippen LogP) is 1.72. The number of hydrogen-bond donors (Lipinski definition) is 3. The number of aliphatic hydroxyl groups is 1. The largest absolute Gasteiger partial charge is 0.605 e. The fourth-order valence-corrected chi connectivity index (χ4v) is 6.83. The maximum atomic E-state index is 13.7. The number of quaternary nitrogens is 1. The van der Waals surface area contributed by atoms with Gasteiger partial charge in [-0.2, -0.15) is 0 Å². The first-order valence-electron chi connectivity index (χ1n) is 14.3. The van der Waals surface area contributed by atoms with Gasteiger partial charge in [0.2, 0.25) is 5.91 Å². The zero-order chi connectivity index (χ0) is 29.5. The summed E-state index contributed by atoms with van der Waals surface area (Å²) in [4.78, 5) is 57.4. The lowest BCUT2D eigenvalue weighted by Gasteiger charge is -2.52. The monoisotopic (exact) mass is 564 g/mol. The van der Waals surface area contributed by atoms with E-state index in [-0.39, 0.29) is 16.0 Å². The number of benzene rings is 1. The molecule has 0 unspecified atom stereocenters. The van der Waals surface area contributed by atoms with Gasteiger partial charge in [-0.05, 0) is 37.8 Å². The Morgan fingerprint density at radius 2 is 1.63 bits per heavy atom. The van der Waals surface area contributed by atoms with Crippen LogP contribution < -0.4 is 10.6 Å². The van der Waals surface area contributed by atoms with Crippen molar-refractivity contribution in [1.82, 2.24) is 15.6 Å². The standard InChI is InChI=1S/C29H37BN4O7/c1-17(2)16-24(30-34(4)22(28(38)40-30)14-9-15-23(34)29(39)41-30)32-27(37)25(18(3)35)33-26(36)21-13-8-12-20(31-21)19-10-6-5-7-11-19/h5-8,10-13,17-18,22-25,35H,9,14-16H2,1-4H3,(H,32,37)(H,33,36)/t18-,22-,23-,24+,25+,30?,34?/m1/s1. The molecule has 3 fully saturated rings. The number of carbonyl (C=O) groups is 4. The molecule has 2 aromatic rings. The molecular weight excluding hydrogens is 527 g/mol. The van der Waals surface area contributed by atoms with E-state index in [4.69, 9.17) is 9.31 Å². The first kappa shape index (κ1) is 28.8. The Bertz CT molecular complexity index is 1330. The third-order valence-electron chi connectivity index (χ3n) is 8.85. The van der Waals surface area contributed by atoms with Gasteiger partial charge in [0.05, 0.1) is 17.7 Å². The number of nitrogens with one attached hydrogen (secondary N) is 2. The molecular formula is C29H37BN4O7. The first-order valence-corrected chi connectivity index (χ1v) is 14.3. The predicted molar refractivity (Wildman–Crippen MR) is 150 cm³/mol. The Hall–Kier alpha value is -3.77. The number of likely N-dealkylation sites (N-methyl/N-ethyl adjacent to an activating group) is 1. The van der Waals surface area contributed by atoms with E-state index in [9.17, 15) is 24.3 Å². The Kier molecular flexibility index (Phi) is 7.65. The molecule has 0 radical (unpaired) electrons. The first-order chi connectivity index (χ1) is 19.5.